The molecule has 21 heavy (non-hydrogen) atoms. The molecule has 112 valence electrons. The number of rotatable bonds is 8. The van der Waals surface area contributed by atoms with Crippen molar-refractivity contribution in [2.45, 2.75) is 32.8 Å². The van der Waals surface area contributed by atoms with Gasteiger partial charge in [-0.3, -0.25) is 0 Å². The van der Waals surface area contributed by atoms with E-state index in [0.717, 1.165) is 34.6 Å². The van der Waals surface area contributed by atoms with Gasteiger partial charge in [0.05, 0.1) is 6.61 Å². The third kappa shape index (κ3) is 5.43. The van der Waals surface area contributed by atoms with Crippen LogP contribution in [0.25, 0.3) is 0 Å². The van der Waals surface area contributed by atoms with Gasteiger partial charge >= 0.3 is 0 Å². The van der Waals surface area contributed by atoms with Crippen molar-refractivity contribution in [3.05, 3.63) is 58.6 Å². The van der Waals surface area contributed by atoms with Gasteiger partial charge in [0.15, 0.2) is 11.5 Å². The Morgan fingerprint density at radius 3 is 2.48 bits per heavy atom. The average molecular weight is 349 g/mol. The van der Waals surface area contributed by atoms with Crippen molar-refractivity contribution in [3.63, 3.8) is 0 Å². The Bertz CT molecular complexity index is 540. The summed E-state index contributed by atoms with van der Waals surface area (Å²) < 4.78 is 12.7. The van der Waals surface area contributed by atoms with E-state index in [0.29, 0.717) is 6.61 Å². The molecule has 2 nitrogen and oxygen atoms in total. The number of ether oxygens (including phenoxy) is 2. The van der Waals surface area contributed by atoms with Crippen LogP contribution in [0.3, 0.4) is 0 Å². The van der Waals surface area contributed by atoms with Gasteiger partial charge in [-0.1, -0.05) is 66.0 Å². The number of halogens is 1. The molecule has 3 heteroatoms. The molecule has 0 bridgehead atoms. The molecule has 0 aromatic heterocycles. The Balaban J connectivity index is 1.97. The monoisotopic (exact) mass is 348 g/mol. The molecule has 0 aliphatic rings. The van der Waals surface area contributed by atoms with Gasteiger partial charge in [-0.25, -0.2) is 0 Å². The zero-order valence-corrected chi connectivity index (χ0v) is 13.9. The lowest BCUT2D eigenvalue weighted by Gasteiger charge is -2.13. The molecule has 0 radical (unpaired) electrons. The minimum absolute atomic E-state index is 0.544. The van der Waals surface area contributed by atoms with Crippen LogP contribution >= 0.6 is 15.9 Å². The lowest BCUT2D eigenvalue weighted by Crippen LogP contribution is -2.01. The van der Waals surface area contributed by atoms with Gasteiger partial charge in [0.1, 0.15) is 6.61 Å². The van der Waals surface area contributed by atoms with Crippen LogP contribution in [0.5, 0.6) is 11.5 Å². The molecular formula is C18H21BrO2. The summed E-state index contributed by atoms with van der Waals surface area (Å²) in [6.07, 6.45) is 3.46. The first-order valence-corrected chi connectivity index (χ1v) is 8.18. The smallest absolute Gasteiger partial charge is 0.162 e. The summed E-state index contributed by atoms with van der Waals surface area (Å²) in [4.78, 5) is 0. The zero-order valence-electron chi connectivity index (χ0n) is 12.3. The van der Waals surface area contributed by atoms with Gasteiger partial charge in [0.25, 0.3) is 0 Å². The predicted octanol–water partition coefficient (Wildman–Crippen LogP) is 5.60. The molecule has 0 aliphatic heterocycles. The zero-order chi connectivity index (χ0) is 14.9. The van der Waals surface area contributed by atoms with E-state index in [1.165, 1.54) is 12.8 Å². The fourth-order valence-corrected chi connectivity index (χ4v) is 2.32. The van der Waals surface area contributed by atoms with E-state index >= 15 is 0 Å². The van der Waals surface area contributed by atoms with E-state index in [-0.39, 0.29) is 0 Å². The SMILES string of the molecule is CCCCCOc1ccc(Br)cc1OCc1ccccc1. The molecule has 0 spiro atoms. The van der Waals surface area contributed by atoms with E-state index in [1.54, 1.807) is 0 Å². The molecule has 0 unspecified atom stereocenters. The second kappa shape index (κ2) is 8.73. The Morgan fingerprint density at radius 2 is 1.71 bits per heavy atom. The van der Waals surface area contributed by atoms with Crippen LogP contribution in [-0.2, 0) is 6.61 Å². The molecule has 0 atom stereocenters. The third-order valence-corrected chi connectivity index (χ3v) is 3.64. The summed E-state index contributed by atoms with van der Waals surface area (Å²) >= 11 is 3.48. The Hall–Kier alpha value is -1.48. The maximum Gasteiger partial charge on any atom is 0.162 e. The highest BCUT2D eigenvalue weighted by Gasteiger charge is 2.06. The fourth-order valence-electron chi connectivity index (χ4n) is 1.98. The van der Waals surface area contributed by atoms with Gasteiger partial charge in [-0.05, 0) is 30.2 Å². The van der Waals surface area contributed by atoms with Gasteiger partial charge in [0, 0.05) is 4.47 Å². The van der Waals surface area contributed by atoms with E-state index < -0.39 is 0 Å². The van der Waals surface area contributed by atoms with Crippen LogP contribution in [0.2, 0.25) is 0 Å². The van der Waals surface area contributed by atoms with Crippen molar-refractivity contribution < 1.29 is 9.47 Å². The number of unbranched alkanes of at least 4 members (excludes halogenated alkanes) is 2. The highest BCUT2D eigenvalue weighted by molar-refractivity contribution is 9.10. The van der Waals surface area contributed by atoms with E-state index in [2.05, 4.69) is 35.0 Å². The van der Waals surface area contributed by atoms with Crippen LogP contribution in [0.4, 0.5) is 0 Å². The fraction of sp³-hybridized carbons (Fsp3) is 0.333. The summed E-state index contributed by atoms with van der Waals surface area (Å²) in [6.45, 7) is 3.47. The van der Waals surface area contributed by atoms with Crippen molar-refractivity contribution in [1.29, 1.82) is 0 Å². The summed E-state index contributed by atoms with van der Waals surface area (Å²) in [5, 5.41) is 0. The minimum atomic E-state index is 0.544. The Kier molecular flexibility index (Phi) is 6.61. The highest BCUT2D eigenvalue weighted by atomic mass is 79.9. The second-order valence-corrected chi connectivity index (χ2v) is 5.84. The molecule has 0 amide bonds. The quantitative estimate of drug-likeness (QED) is 0.578. The van der Waals surface area contributed by atoms with Gasteiger partial charge in [0.2, 0.25) is 0 Å². The van der Waals surface area contributed by atoms with Crippen molar-refractivity contribution in [3.8, 4) is 11.5 Å². The van der Waals surface area contributed by atoms with Crippen molar-refractivity contribution in [2.24, 2.45) is 0 Å². The number of hydrogen-bond donors (Lipinski definition) is 0. The maximum atomic E-state index is 5.91. The second-order valence-electron chi connectivity index (χ2n) is 4.92. The van der Waals surface area contributed by atoms with E-state index in [4.69, 9.17) is 9.47 Å². The molecule has 0 saturated heterocycles. The minimum Gasteiger partial charge on any atom is -0.490 e. The van der Waals surface area contributed by atoms with Crippen LogP contribution in [0.1, 0.15) is 31.7 Å². The topological polar surface area (TPSA) is 18.5 Å². The number of hydrogen-bond acceptors (Lipinski definition) is 2. The molecular weight excluding hydrogens is 328 g/mol. The summed E-state index contributed by atoms with van der Waals surface area (Å²) in [5.74, 6) is 1.59. The Labute approximate surface area is 135 Å². The van der Waals surface area contributed by atoms with Crippen LogP contribution in [0, 0.1) is 0 Å². The predicted molar refractivity (Wildman–Crippen MR) is 89.9 cm³/mol. The van der Waals surface area contributed by atoms with Crippen LogP contribution in [0.15, 0.2) is 53.0 Å². The molecule has 0 fully saturated rings. The first-order chi connectivity index (χ1) is 10.3. The molecule has 0 aliphatic carbocycles. The first kappa shape index (κ1) is 15.9. The summed E-state index contributed by atoms with van der Waals surface area (Å²) in [7, 11) is 0. The van der Waals surface area contributed by atoms with Crippen molar-refractivity contribution in [1.82, 2.24) is 0 Å². The maximum absolute atomic E-state index is 5.91. The van der Waals surface area contributed by atoms with Crippen molar-refractivity contribution in [2.75, 3.05) is 6.61 Å². The molecule has 0 heterocycles. The molecule has 0 saturated carbocycles. The molecule has 2 aromatic rings. The first-order valence-electron chi connectivity index (χ1n) is 7.38. The summed E-state index contributed by atoms with van der Waals surface area (Å²) in [6, 6.07) is 16.0. The van der Waals surface area contributed by atoms with Gasteiger partial charge in [-0.15, -0.1) is 0 Å². The van der Waals surface area contributed by atoms with Crippen LogP contribution < -0.4 is 9.47 Å². The van der Waals surface area contributed by atoms with E-state index in [9.17, 15) is 0 Å². The average Bonchev–Trinajstić information content (AvgIpc) is 2.52. The van der Waals surface area contributed by atoms with Gasteiger partial charge in [-0.2, -0.15) is 0 Å². The Morgan fingerprint density at radius 1 is 0.905 bits per heavy atom. The van der Waals surface area contributed by atoms with Gasteiger partial charge < -0.3 is 9.47 Å². The lowest BCUT2D eigenvalue weighted by atomic mass is 10.2. The molecule has 2 aromatic carbocycles. The third-order valence-electron chi connectivity index (χ3n) is 3.15. The highest BCUT2D eigenvalue weighted by Crippen LogP contribution is 2.31. The molecule has 0 N–H and O–H groups in total. The van der Waals surface area contributed by atoms with Crippen molar-refractivity contribution >= 4 is 15.9 Å². The normalized spacial score (nSPS) is 10.4. The summed E-state index contributed by atoms with van der Waals surface area (Å²) in [5.41, 5.74) is 1.15. The lowest BCUT2D eigenvalue weighted by molar-refractivity contribution is 0.257. The molecule has 2 rings (SSSR count). The van der Waals surface area contributed by atoms with Crippen LogP contribution in [-0.4, -0.2) is 6.61 Å². The van der Waals surface area contributed by atoms with E-state index in [1.807, 2.05) is 36.4 Å². The number of benzene rings is 2. The largest absolute Gasteiger partial charge is 0.490 e. The standard InChI is InChI=1S/C18H21BrO2/c1-2-3-7-12-20-17-11-10-16(19)13-18(17)21-14-15-8-5-4-6-9-15/h4-6,8-11,13H,2-3,7,12,14H2,1H3.